The third kappa shape index (κ3) is 3.43. The number of nitrogens with one attached hydrogen (secondary N) is 1. The van der Waals surface area contributed by atoms with Gasteiger partial charge in [-0.15, -0.1) is 0 Å². The van der Waals surface area contributed by atoms with Gasteiger partial charge in [-0.3, -0.25) is 0 Å². The lowest BCUT2D eigenvalue weighted by Gasteiger charge is -2.23. The van der Waals surface area contributed by atoms with Crippen LogP contribution in [0, 0.1) is 5.41 Å². The summed E-state index contributed by atoms with van der Waals surface area (Å²) in [7, 11) is 1.64. The first-order chi connectivity index (χ1) is 8.22. The summed E-state index contributed by atoms with van der Waals surface area (Å²) in [5.74, 6) is 0.677. The van der Waals surface area contributed by atoms with Crippen molar-refractivity contribution in [3.05, 3.63) is 23.9 Å². The molecule has 0 saturated heterocycles. The van der Waals surface area contributed by atoms with E-state index < -0.39 is 0 Å². The fourth-order valence-corrected chi connectivity index (χ4v) is 2.55. The van der Waals surface area contributed by atoms with Gasteiger partial charge in [0.15, 0.2) is 0 Å². The van der Waals surface area contributed by atoms with Gasteiger partial charge in [0.1, 0.15) is 0 Å². The highest BCUT2D eigenvalue weighted by atomic mass is 16.5. The second-order valence-corrected chi connectivity index (χ2v) is 5.33. The minimum atomic E-state index is 0.514. The van der Waals surface area contributed by atoms with E-state index >= 15 is 0 Å². The van der Waals surface area contributed by atoms with Crippen molar-refractivity contribution in [2.75, 3.05) is 13.7 Å². The smallest absolute Gasteiger partial charge is 0.212 e. The molecule has 1 N–H and O–H groups in total. The highest BCUT2D eigenvalue weighted by Crippen LogP contribution is 2.36. The summed E-state index contributed by atoms with van der Waals surface area (Å²) in [4.78, 5) is 4.20. The number of aromatic nitrogens is 1. The fourth-order valence-electron chi connectivity index (χ4n) is 2.55. The Labute approximate surface area is 104 Å². The van der Waals surface area contributed by atoms with Crippen LogP contribution in [0.3, 0.4) is 0 Å². The van der Waals surface area contributed by atoms with Crippen molar-refractivity contribution < 1.29 is 4.74 Å². The van der Waals surface area contributed by atoms with E-state index in [9.17, 15) is 0 Å². The molecule has 1 heterocycles. The normalized spacial score (nSPS) is 18.2. The minimum absolute atomic E-state index is 0.514. The van der Waals surface area contributed by atoms with Gasteiger partial charge in [0.05, 0.1) is 7.11 Å². The summed E-state index contributed by atoms with van der Waals surface area (Å²) in [6, 6.07) is 3.98. The van der Waals surface area contributed by atoms with Gasteiger partial charge in [0, 0.05) is 25.4 Å². The topological polar surface area (TPSA) is 34.1 Å². The summed E-state index contributed by atoms with van der Waals surface area (Å²) >= 11 is 0. The van der Waals surface area contributed by atoms with Crippen LogP contribution in [0.1, 0.15) is 38.2 Å². The average molecular weight is 234 g/mol. The highest BCUT2D eigenvalue weighted by Gasteiger charge is 2.27. The zero-order chi connectivity index (χ0) is 12.1. The van der Waals surface area contributed by atoms with Crippen LogP contribution in [-0.4, -0.2) is 18.6 Å². The number of hydrogen-bond acceptors (Lipinski definition) is 3. The largest absolute Gasteiger partial charge is 0.481 e. The lowest BCUT2D eigenvalue weighted by Crippen LogP contribution is -2.29. The van der Waals surface area contributed by atoms with Gasteiger partial charge in [-0.25, -0.2) is 4.98 Å². The van der Waals surface area contributed by atoms with E-state index in [-0.39, 0.29) is 0 Å². The Morgan fingerprint density at radius 1 is 1.35 bits per heavy atom. The summed E-state index contributed by atoms with van der Waals surface area (Å²) in [5.41, 5.74) is 1.73. The predicted octanol–water partition coefficient (Wildman–Crippen LogP) is 2.76. The molecule has 0 aromatic carbocycles. The number of rotatable bonds is 5. The molecule has 1 aliphatic carbocycles. The maximum atomic E-state index is 5.04. The molecule has 17 heavy (non-hydrogen) atoms. The lowest BCUT2D eigenvalue weighted by molar-refractivity contribution is 0.314. The molecule has 1 aliphatic rings. The zero-order valence-electron chi connectivity index (χ0n) is 10.8. The van der Waals surface area contributed by atoms with Crippen molar-refractivity contribution in [3.8, 4) is 5.88 Å². The van der Waals surface area contributed by atoms with Crippen LogP contribution in [0.25, 0.3) is 0 Å². The molecule has 0 unspecified atom stereocenters. The van der Waals surface area contributed by atoms with Gasteiger partial charge in [-0.2, -0.15) is 0 Å². The SMILES string of the molecule is COc1ccc(CNCC2(C)CCCC2)cn1. The molecular weight excluding hydrogens is 212 g/mol. The monoisotopic (exact) mass is 234 g/mol. The first kappa shape index (κ1) is 12.4. The molecule has 0 aliphatic heterocycles. The quantitative estimate of drug-likeness (QED) is 0.850. The molecule has 1 aromatic heterocycles. The molecule has 0 atom stereocenters. The molecule has 0 spiro atoms. The number of methoxy groups -OCH3 is 1. The van der Waals surface area contributed by atoms with Crippen LogP contribution in [0.2, 0.25) is 0 Å². The van der Waals surface area contributed by atoms with Gasteiger partial charge in [0.2, 0.25) is 5.88 Å². The third-order valence-corrected chi connectivity index (χ3v) is 3.70. The average Bonchev–Trinajstić information content (AvgIpc) is 2.77. The Morgan fingerprint density at radius 2 is 2.12 bits per heavy atom. The van der Waals surface area contributed by atoms with E-state index in [1.165, 1.54) is 31.2 Å². The molecule has 94 valence electrons. The molecule has 3 heteroatoms. The summed E-state index contributed by atoms with van der Waals surface area (Å²) in [6.45, 7) is 4.39. The predicted molar refractivity (Wildman–Crippen MR) is 69.1 cm³/mol. The lowest BCUT2D eigenvalue weighted by atomic mass is 9.89. The molecule has 2 rings (SSSR count). The Bertz CT molecular complexity index is 342. The van der Waals surface area contributed by atoms with Crippen molar-refractivity contribution in [3.63, 3.8) is 0 Å². The summed E-state index contributed by atoms with van der Waals surface area (Å²) in [6.07, 6.45) is 7.38. The van der Waals surface area contributed by atoms with Crippen LogP contribution in [-0.2, 0) is 6.54 Å². The third-order valence-electron chi connectivity index (χ3n) is 3.70. The van der Waals surface area contributed by atoms with Crippen LogP contribution >= 0.6 is 0 Å². The van der Waals surface area contributed by atoms with Gasteiger partial charge in [0.25, 0.3) is 0 Å². The number of nitrogens with zero attached hydrogens (tertiary/aromatic N) is 1. The maximum absolute atomic E-state index is 5.04. The highest BCUT2D eigenvalue weighted by molar-refractivity contribution is 5.17. The van der Waals surface area contributed by atoms with Crippen molar-refractivity contribution in [2.45, 2.75) is 39.2 Å². The molecular formula is C14H22N2O. The molecule has 1 saturated carbocycles. The van der Waals surface area contributed by atoms with Crippen LogP contribution < -0.4 is 10.1 Å². The van der Waals surface area contributed by atoms with E-state index in [0.29, 0.717) is 11.3 Å². The summed E-state index contributed by atoms with van der Waals surface area (Å²) in [5, 5.41) is 3.54. The Hall–Kier alpha value is -1.09. The van der Waals surface area contributed by atoms with Crippen molar-refractivity contribution in [1.82, 2.24) is 10.3 Å². The van der Waals surface area contributed by atoms with E-state index in [2.05, 4.69) is 23.3 Å². The first-order valence-corrected chi connectivity index (χ1v) is 6.41. The molecule has 0 bridgehead atoms. The van der Waals surface area contributed by atoms with E-state index in [4.69, 9.17) is 4.74 Å². The Balaban J connectivity index is 1.77. The van der Waals surface area contributed by atoms with Crippen LogP contribution in [0.4, 0.5) is 0 Å². The molecule has 3 nitrogen and oxygen atoms in total. The van der Waals surface area contributed by atoms with Gasteiger partial charge >= 0.3 is 0 Å². The van der Waals surface area contributed by atoms with Gasteiger partial charge in [-0.1, -0.05) is 25.8 Å². The second-order valence-electron chi connectivity index (χ2n) is 5.33. The van der Waals surface area contributed by atoms with E-state index in [1.54, 1.807) is 7.11 Å². The van der Waals surface area contributed by atoms with Crippen LogP contribution in [0.5, 0.6) is 5.88 Å². The Morgan fingerprint density at radius 3 is 2.71 bits per heavy atom. The number of pyridine rings is 1. The second kappa shape index (κ2) is 5.50. The molecule has 0 amide bonds. The summed E-state index contributed by atoms with van der Waals surface area (Å²) < 4.78 is 5.04. The van der Waals surface area contributed by atoms with Crippen molar-refractivity contribution in [2.24, 2.45) is 5.41 Å². The number of hydrogen-bond donors (Lipinski definition) is 1. The van der Waals surface area contributed by atoms with Crippen LogP contribution in [0.15, 0.2) is 18.3 Å². The van der Waals surface area contributed by atoms with Gasteiger partial charge < -0.3 is 10.1 Å². The molecule has 0 radical (unpaired) electrons. The standard InChI is InChI=1S/C14H22N2O/c1-14(7-3-4-8-14)11-15-9-12-5-6-13(17-2)16-10-12/h5-6,10,15H,3-4,7-9,11H2,1-2H3. The van der Waals surface area contributed by atoms with Crippen molar-refractivity contribution >= 4 is 0 Å². The Kier molecular flexibility index (Phi) is 4.00. The maximum Gasteiger partial charge on any atom is 0.212 e. The first-order valence-electron chi connectivity index (χ1n) is 6.41. The van der Waals surface area contributed by atoms with Crippen molar-refractivity contribution in [1.29, 1.82) is 0 Å². The van der Waals surface area contributed by atoms with E-state index in [1.807, 2.05) is 12.3 Å². The fraction of sp³-hybridized carbons (Fsp3) is 0.643. The minimum Gasteiger partial charge on any atom is -0.481 e. The zero-order valence-corrected chi connectivity index (χ0v) is 10.8. The molecule has 1 aromatic rings. The van der Waals surface area contributed by atoms with Gasteiger partial charge in [-0.05, 0) is 23.8 Å². The molecule has 1 fully saturated rings. The van der Waals surface area contributed by atoms with E-state index in [0.717, 1.165) is 13.1 Å². The number of ether oxygens (including phenoxy) is 1.